The summed E-state index contributed by atoms with van der Waals surface area (Å²) in [5, 5.41) is 30.4. The number of carbonyl (C=O) groups excluding carboxylic acids is 3. The molecule has 0 aliphatic carbocycles. The van der Waals surface area contributed by atoms with E-state index in [9.17, 15) is 29.7 Å². The SMILES string of the molecule is CCCCCCCCC(=O)OC[C@@H](OC(=O)CCCCCCCC)[C@@H](OC(=O)CCCCCCCC)[C@H](O)[C@@H](O)CO. The first-order valence-electron chi connectivity index (χ1n) is 16.8. The highest BCUT2D eigenvalue weighted by atomic mass is 16.6. The molecule has 0 fully saturated rings. The van der Waals surface area contributed by atoms with Crippen molar-refractivity contribution in [2.24, 2.45) is 0 Å². The van der Waals surface area contributed by atoms with Gasteiger partial charge in [0.25, 0.3) is 0 Å². The van der Waals surface area contributed by atoms with Crippen LogP contribution < -0.4 is 0 Å². The van der Waals surface area contributed by atoms with Gasteiger partial charge in [-0.1, -0.05) is 117 Å². The van der Waals surface area contributed by atoms with Crippen LogP contribution in [0.5, 0.6) is 0 Å². The first-order valence-corrected chi connectivity index (χ1v) is 16.8. The number of unbranched alkanes of at least 4 members (excludes halogenated alkanes) is 15. The van der Waals surface area contributed by atoms with Crippen LogP contribution in [-0.4, -0.2) is 70.9 Å². The monoisotopic (exact) mass is 602 g/mol. The first kappa shape index (κ1) is 40.3. The Morgan fingerprint density at radius 3 is 1.36 bits per heavy atom. The molecule has 0 rings (SSSR count). The van der Waals surface area contributed by atoms with E-state index in [-0.39, 0.29) is 19.3 Å². The second kappa shape index (κ2) is 28.1. The second-order valence-corrected chi connectivity index (χ2v) is 11.5. The summed E-state index contributed by atoms with van der Waals surface area (Å²) in [5.74, 6) is -1.66. The molecule has 0 saturated carbocycles. The fourth-order valence-electron chi connectivity index (χ4n) is 4.72. The summed E-state index contributed by atoms with van der Waals surface area (Å²) in [6, 6.07) is 0. The van der Waals surface area contributed by atoms with Crippen LogP contribution in [0.3, 0.4) is 0 Å². The number of aliphatic hydroxyl groups is 3. The maximum Gasteiger partial charge on any atom is 0.306 e. The van der Waals surface area contributed by atoms with E-state index in [0.29, 0.717) is 19.3 Å². The third-order valence-electron chi connectivity index (χ3n) is 7.45. The third-order valence-corrected chi connectivity index (χ3v) is 7.45. The molecule has 4 atom stereocenters. The van der Waals surface area contributed by atoms with Crippen molar-refractivity contribution in [2.75, 3.05) is 13.2 Å². The maximum atomic E-state index is 12.7. The number of esters is 3. The van der Waals surface area contributed by atoms with E-state index < -0.39 is 55.5 Å². The zero-order valence-electron chi connectivity index (χ0n) is 26.9. The van der Waals surface area contributed by atoms with E-state index in [1.165, 1.54) is 0 Å². The largest absolute Gasteiger partial charge is 0.462 e. The number of carbonyl (C=O) groups is 3. The van der Waals surface area contributed by atoms with Gasteiger partial charge in [0, 0.05) is 19.3 Å². The predicted molar refractivity (Wildman–Crippen MR) is 164 cm³/mol. The molecule has 9 nitrogen and oxygen atoms in total. The van der Waals surface area contributed by atoms with Gasteiger partial charge < -0.3 is 29.5 Å². The lowest BCUT2D eigenvalue weighted by Gasteiger charge is -2.31. The van der Waals surface area contributed by atoms with Crippen molar-refractivity contribution in [2.45, 2.75) is 180 Å². The van der Waals surface area contributed by atoms with Crippen molar-refractivity contribution in [3.05, 3.63) is 0 Å². The van der Waals surface area contributed by atoms with Crippen LogP contribution in [0.4, 0.5) is 0 Å². The molecule has 248 valence electrons. The summed E-state index contributed by atoms with van der Waals surface area (Å²) >= 11 is 0. The number of ether oxygens (including phenoxy) is 3. The molecular weight excluding hydrogens is 540 g/mol. The third kappa shape index (κ3) is 21.9. The molecule has 9 heteroatoms. The fraction of sp³-hybridized carbons (Fsp3) is 0.909. The first-order chi connectivity index (χ1) is 20.3. The Morgan fingerprint density at radius 2 is 0.929 bits per heavy atom. The Kier molecular flexibility index (Phi) is 26.9. The van der Waals surface area contributed by atoms with Gasteiger partial charge in [-0.3, -0.25) is 14.4 Å². The normalized spacial score (nSPS) is 14.1. The van der Waals surface area contributed by atoms with Crippen molar-refractivity contribution >= 4 is 17.9 Å². The van der Waals surface area contributed by atoms with Crippen molar-refractivity contribution < 1.29 is 43.9 Å². The number of rotatable bonds is 29. The molecule has 0 saturated heterocycles. The quantitative estimate of drug-likeness (QED) is 0.0510. The Bertz CT molecular complexity index is 670. The summed E-state index contributed by atoms with van der Waals surface area (Å²) in [4.78, 5) is 37.9. The highest BCUT2D eigenvalue weighted by Gasteiger charge is 2.39. The van der Waals surface area contributed by atoms with Crippen molar-refractivity contribution in [3.63, 3.8) is 0 Å². The predicted octanol–water partition coefficient (Wildman–Crippen LogP) is 6.32. The van der Waals surface area contributed by atoms with Gasteiger partial charge >= 0.3 is 17.9 Å². The van der Waals surface area contributed by atoms with Gasteiger partial charge in [-0.15, -0.1) is 0 Å². The van der Waals surface area contributed by atoms with Crippen molar-refractivity contribution in [1.29, 1.82) is 0 Å². The van der Waals surface area contributed by atoms with Gasteiger partial charge in [0.15, 0.2) is 12.2 Å². The lowest BCUT2D eigenvalue weighted by molar-refractivity contribution is -0.193. The van der Waals surface area contributed by atoms with Crippen molar-refractivity contribution in [3.8, 4) is 0 Å². The molecule has 0 spiro atoms. The Morgan fingerprint density at radius 1 is 0.548 bits per heavy atom. The molecular formula is C33H62O9. The average molecular weight is 603 g/mol. The summed E-state index contributed by atoms with van der Waals surface area (Å²) in [7, 11) is 0. The maximum absolute atomic E-state index is 12.7. The van der Waals surface area contributed by atoms with Gasteiger partial charge in [0.05, 0.1) is 6.61 Å². The minimum atomic E-state index is -1.74. The molecule has 0 radical (unpaired) electrons. The topological polar surface area (TPSA) is 140 Å². The number of aliphatic hydroxyl groups excluding tert-OH is 3. The van der Waals surface area contributed by atoms with E-state index in [0.717, 1.165) is 96.3 Å². The standard InChI is InChI=1S/C33H62O9/c1-4-7-10-13-16-19-22-29(36)40-26-28(41-30(37)23-20-17-14-11-8-5-2)33(32(39)27(35)25-34)42-31(38)24-21-18-15-12-9-6-3/h27-28,32-35,39H,4-26H2,1-3H3/t27-,28+,32+,33+/m0/s1. The highest BCUT2D eigenvalue weighted by Crippen LogP contribution is 2.18. The van der Waals surface area contributed by atoms with Crippen LogP contribution in [0.25, 0.3) is 0 Å². The molecule has 0 aliphatic heterocycles. The molecule has 0 aromatic heterocycles. The zero-order chi connectivity index (χ0) is 31.4. The number of hydrogen-bond donors (Lipinski definition) is 3. The summed E-state index contributed by atoms with van der Waals surface area (Å²) in [6.45, 7) is 5.19. The minimum absolute atomic E-state index is 0.0980. The summed E-state index contributed by atoms with van der Waals surface area (Å²) < 4.78 is 16.5. The van der Waals surface area contributed by atoms with Crippen LogP contribution in [0, 0.1) is 0 Å². The molecule has 0 aromatic rings. The number of hydrogen-bond acceptors (Lipinski definition) is 9. The summed E-state index contributed by atoms with van der Waals surface area (Å²) in [5.41, 5.74) is 0. The lowest BCUT2D eigenvalue weighted by Crippen LogP contribution is -2.51. The Balaban J connectivity index is 5.31. The van der Waals surface area contributed by atoms with E-state index >= 15 is 0 Å². The van der Waals surface area contributed by atoms with E-state index in [4.69, 9.17) is 14.2 Å². The summed E-state index contributed by atoms with van der Waals surface area (Å²) in [6.07, 6.45) is 12.0. The average Bonchev–Trinajstić information content (AvgIpc) is 2.98. The van der Waals surface area contributed by atoms with Crippen LogP contribution in [-0.2, 0) is 28.6 Å². The van der Waals surface area contributed by atoms with E-state index in [2.05, 4.69) is 20.8 Å². The fourth-order valence-corrected chi connectivity index (χ4v) is 4.72. The Hall–Kier alpha value is -1.71. The molecule has 0 amide bonds. The zero-order valence-corrected chi connectivity index (χ0v) is 26.9. The van der Waals surface area contributed by atoms with Gasteiger partial charge in [0.2, 0.25) is 0 Å². The molecule has 0 heterocycles. The van der Waals surface area contributed by atoms with Gasteiger partial charge in [-0.25, -0.2) is 0 Å². The van der Waals surface area contributed by atoms with Crippen LogP contribution in [0.2, 0.25) is 0 Å². The van der Waals surface area contributed by atoms with E-state index in [1.54, 1.807) is 0 Å². The van der Waals surface area contributed by atoms with Gasteiger partial charge in [0.1, 0.15) is 18.8 Å². The lowest BCUT2D eigenvalue weighted by atomic mass is 10.0. The van der Waals surface area contributed by atoms with Crippen molar-refractivity contribution in [1.82, 2.24) is 0 Å². The van der Waals surface area contributed by atoms with Crippen LogP contribution in [0.15, 0.2) is 0 Å². The van der Waals surface area contributed by atoms with Gasteiger partial charge in [-0.05, 0) is 19.3 Å². The minimum Gasteiger partial charge on any atom is -0.462 e. The molecule has 0 unspecified atom stereocenters. The molecule has 0 bridgehead atoms. The smallest absolute Gasteiger partial charge is 0.306 e. The van der Waals surface area contributed by atoms with Gasteiger partial charge in [-0.2, -0.15) is 0 Å². The molecule has 0 aromatic carbocycles. The molecule has 42 heavy (non-hydrogen) atoms. The molecule has 3 N–H and O–H groups in total. The van der Waals surface area contributed by atoms with E-state index in [1.807, 2.05) is 0 Å². The van der Waals surface area contributed by atoms with Crippen LogP contribution in [0.1, 0.15) is 156 Å². The Labute approximate surface area is 255 Å². The van der Waals surface area contributed by atoms with Crippen LogP contribution >= 0.6 is 0 Å². The second-order valence-electron chi connectivity index (χ2n) is 11.5. The molecule has 0 aliphatic rings. The highest BCUT2D eigenvalue weighted by molar-refractivity contribution is 5.71.